The predicted octanol–water partition coefficient (Wildman–Crippen LogP) is 4.10. The SMILES string of the molecule is CN(Cc1ncc(Cl)n1C)C(=NCc1ccccc1)NCCc1ccco1.I. The highest BCUT2D eigenvalue weighted by Crippen LogP contribution is 2.11. The maximum atomic E-state index is 6.10. The van der Waals surface area contributed by atoms with E-state index in [1.165, 1.54) is 0 Å². The second-order valence-corrected chi connectivity index (χ2v) is 6.68. The van der Waals surface area contributed by atoms with Crippen molar-refractivity contribution in [3.8, 4) is 0 Å². The molecule has 2 heterocycles. The topological polar surface area (TPSA) is 58.6 Å². The van der Waals surface area contributed by atoms with E-state index in [1.54, 1.807) is 12.5 Å². The fraction of sp³-hybridized carbons (Fsp3) is 0.300. The maximum absolute atomic E-state index is 6.10. The van der Waals surface area contributed by atoms with Crippen LogP contribution in [-0.2, 0) is 26.6 Å². The summed E-state index contributed by atoms with van der Waals surface area (Å²) in [6, 6.07) is 14.1. The lowest BCUT2D eigenvalue weighted by Gasteiger charge is -2.22. The van der Waals surface area contributed by atoms with Crippen molar-refractivity contribution in [2.24, 2.45) is 12.0 Å². The average molecular weight is 514 g/mol. The van der Waals surface area contributed by atoms with Gasteiger partial charge in [0.05, 0.1) is 25.5 Å². The van der Waals surface area contributed by atoms with Gasteiger partial charge in [0, 0.05) is 27.1 Å². The van der Waals surface area contributed by atoms with E-state index in [-0.39, 0.29) is 24.0 Å². The van der Waals surface area contributed by atoms with E-state index in [2.05, 4.69) is 22.4 Å². The van der Waals surface area contributed by atoms with Crippen LogP contribution in [0.4, 0.5) is 0 Å². The van der Waals surface area contributed by atoms with Crippen molar-refractivity contribution >= 4 is 41.5 Å². The normalized spacial score (nSPS) is 11.2. The molecule has 6 nitrogen and oxygen atoms in total. The van der Waals surface area contributed by atoms with Crippen LogP contribution in [0.1, 0.15) is 17.1 Å². The Kier molecular flexibility index (Phi) is 8.85. The third-order valence-electron chi connectivity index (χ3n) is 4.26. The number of hydrogen-bond donors (Lipinski definition) is 1. The first kappa shape index (κ1) is 22.3. The third-order valence-corrected chi connectivity index (χ3v) is 4.61. The van der Waals surface area contributed by atoms with E-state index >= 15 is 0 Å². The van der Waals surface area contributed by atoms with Crippen LogP contribution in [0.3, 0.4) is 0 Å². The van der Waals surface area contributed by atoms with Crippen LogP contribution < -0.4 is 5.32 Å². The number of halogens is 2. The molecule has 0 bridgehead atoms. The zero-order valence-corrected chi connectivity index (χ0v) is 19.1. The Labute approximate surface area is 187 Å². The Morgan fingerprint density at radius 1 is 1.25 bits per heavy atom. The minimum atomic E-state index is 0. The lowest BCUT2D eigenvalue weighted by Crippen LogP contribution is -2.40. The van der Waals surface area contributed by atoms with E-state index in [1.807, 2.05) is 53.9 Å². The molecular weight excluding hydrogens is 489 g/mol. The summed E-state index contributed by atoms with van der Waals surface area (Å²) in [5.74, 6) is 2.63. The first-order valence-corrected chi connectivity index (χ1v) is 9.23. The van der Waals surface area contributed by atoms with E-state index in [9.17, 15) is 0 Å². The summed E-state index contributed by atoms with van der Waals surface area (Å²) in [4.78, 5) is 11.2. The number of nitrogens with zero attached hydrogens (tertiary/aromatic N) is 4. The van der Waals surface area contributed by atoms with Crippen LogP contribution in [0.5, 0.6) is 0 Å². The highest BCUT2D eigenvalue weighted by atomic mass is 127. The second-order valence-electron chi connectivity index (χ2n) is 6.29. The van der Waals surface area contributed by atoms with E-state index < -0.39 is 0 Å². The predicted molar refractivity (Wildman–Crippen MR) is 123 cm³/mol. The van der Waals surface area contributed by atoms with Gasteiger partial charge >= 0.3 is 0 Å². The molecule has 1 aromatic carbocycles. The number of hydrogen-bond acceptors (Lipinski definition) is 3. The number of aromatic nitrogens is 2. The lowest BCUT2D eigenvalue weighted by molar-refractivity contribution is 0.448. The summed E-state index contributed by atoms with van der Waals surface area (Å²) in [5.41, 5.74) is 1.16. The Bertz CT molecular complexity index is 864. The molecule has 3 rings (SSSR count). The summed E-state index contributed by atoms with van der Waals surface area (Å²) in [6.45, 7) is 1.94. The molecule has 28 heavy (non-hydrogen) atoms. The molecule has 0 saturated heterocycles. The molecule has 0 aliphatic rings. The van der Waals surface area contributed by atoms with Gasteiger partial charge in [-0.3, -0.25) is 0 Å². The molecule has 0 atom stereocenters. The van der Waals surface area contributed by atoms with Crippen LogP contribution >= 0.6 is 35.6 Å². The molecule has 0 aliphatic carbocycles. The molecule has 0 aliphatic heterocycles. The standard InChI is InChI=1S/C20H24ClN5O.HI/c1-25(15-19-23-14-18(21)26(19)2)20(22-11-10-17-9-6-12-27-17)24-13-16-7-4-3-5-8-16;/h3-9,12,14H,10-11,13,15H2,1-2H3,(H,22,24);1H. The van der Waals surface area contributed by atoms with Gasteiger partial charge in [-0.2, -0.15) is 0 Å². The lowest BCUT2D eigenvalue weighted by atomic mass is 10.2. The third kappa shape index (κ3) is 6.27. The fourth-order valence-electron chi connectivity index (χ4n) is 2.67. The zero-order chi connectivity index (χ0) is 19.1. The van der Waals surface area contributed by atoms with Crippen LogP contribution in [0.2, 0.25) is 5.15 Å². The van der Waals surface area contributed by atoms with Gasteiger partial charge in [0.1, 0.15) is 16.7 Å². The molecule has 8 heteroatoms. The molecule has 0 unspecified atom stereocenters. The number of guanidine groups is 1. The van der Waals surface area contributed by atoms with Crippen LogP contribution in [0, 0.1) is 0 Å². The van der Waals surface area contributed by atoms with Crippen LogP contribution in [0.25, 0.3) is 0 Å². The minimum absolute atomic E-state index is 0. The fourth-order valence-corrected chi connectivity index (χ4v) is 2.82. The summed E-state index contributed by atoms with van der Waals surface area (Å²) in [5, 5.41) is 4.04. The Morgan fingerprint density at radius 2 is 2.04 bits per heavy atom. The highest BCUT2D eigenvalue weighted by Gasteiger charge is 2.12. The smallest absolute Gasteiger partial charge is 0.194 e. The molecule has 0 amide bonds. The van der Waals surface area contributed by atoms with Crippen LogP contribution in [-0.4, -0.2) is 34.0 Å². The quantitative estimate of drug-likeness (QED) is 0.294. The monoisotopic (exact) mass is 513 g/mol. The summed E-state index contributed by atoms with van der Waals surface area (Å²) in [7, 11) is 3.90. The number of rotatable bonds is 7. The Morgan fingerprint density at radius 3 is 2.68 bits per heavy atom. The van der Waals surface area contributed by atoms with Crippen molar-refractivity contribution < 1.29 is 4.42 Å². The van der Waals surface area contributed by atoms with Gasteiger partial charge < -0.3 is 19.2 Å². The second kappa shape index (κ2) is 11.1. The summed E-state index contributed by atoms with van der Waals surface area (Å²) < 4.78 is 7.27. The molecule has 3 aromatic rings. The Balaban J connectivity index is 0.00000280. The number of aliphatic imine (C=N–C) groups is 1. The minimum Gasteiger partial charge on any atom is -0.469 e. The molecular formula is C20H25ClIN5O. The van der Waals surface area contributed by atoms with Crippen molar-refractivity contribution in [1.29, 1.82) is 0 Å². The van der Waals surface area contributed by atoms with E-state index in [0.717, 1.165) is 36.1 Å². The van der Waals surface area contributed by atoms with Crippen LogP contribution in [0.15, 0.2) is 64.3 Å². The maximum Gasteiger partial charge on any atom is 0.194 e. The van der Waals surface area contributed by atoms with Crippen molar-refractivity contribution in [2.75, 3.05) is 13.6 Å². The largest absolute Gasteiger partial charge is 0.469 e. The van der Waals surface area contributed by atoms with Gasteiger partial charge in [-0.15, -0.1) is 24.0 Å². The number of furan rings is 1. The van der Waals surface area contributed by atoms with Gasteiger partial charge in [0.2, 0.25) is 0 Å². The van der Waals surface area contributed by atoms with Crippen molar-refractivity contribution in [3.63, 3.8) is 0 Å². The van der Waals surface area contributed by atoms with Crippen molar-refractivity contribution in [2.45, 2.75) is 19.5 Å². The van der Waals surface area contributed by atoms with Gasteiger partial charge in [0.15, 0.2) is 5.96 Å². The van der Waals surface area contributed by atoms with Gasteiger partial charge in [0.25, 0.3) is 0 Å². The molecule has 1 N–H and O–H groups in total. The average Bonchev–Trinajstić information content (AvgIpc) is 3.31. The van der Waals surface area contributed by atoms with Crippen molar-refractivity contribution in [3.05, 3.63) is 77.2 Å². The van der Waals surface area contributed by atoms with Gasteiger partial charge in [-0.05, 0) is 17.7 Å². The zero-order valence-electron chi connectivity index (χ0n) is 16.0. The van der Waals surface area contributed by atoms with Gasteiger partial charge in [-0.25, -0.2) is 9.98 Å². The Hall–Kier alpha value is -2.00. The summed E-state index contributed by atoms with van der Waals surface area (Å²) >= 11 is 6.10. The first-order valence-electron chi connectivity index (χ1n) is 8.85. The molecule has 0 radical (unpaired) electrons. The summed E-state index contributed by atoms with van der Waals surface area (Å²) in [6.07, 6.45) is 4.14. The number of benzene rings is 1. The highest BCUT2D eigenvalue weighted by molar-refractivity contribution is 14.0. The number of imidazole rings is 1. The van der Waals surface area contributed by atoms with Gasteiger partial charge in [-0.1, -0.05) is 41.9 Å². The van der Waals surface area contributed by atoms with E-state index in [0.29, 0.717) is 18.2 Å². The molecule has 150 valence electrons. The van der Waals surface area contributed by atoms with E-state index in [4.69, 9.17) is 21.0 Å². The molecule has 0 fully saturated rings. The number of nitrogens with one attached hydrogen (secondary N) is 1. The molecule has 0 saturated carbocycles. The first-order chi connectivity index (χ1) is 13.1. The van der Waals surface area contributed by atoms with Crippen molar-refractivity contribution in [1.82, 2.24) is 19.8 Å². The molecule has 2 aromatic heterocycles. The molecule has 0 spiro atoms.